The van der Waals surface area contributed by atoms with Gasteiger partial charge in [-0.1, -0.05) is 42.2 Å². The molecule has 11 heavy (non-hydrogen) atoms. The molecule has 0 aliphatic rings. The van der Waals surface area contributed by atoms with Gasteiger partial charge in [-0.25, -0.2) is 0 Å². The van der Waals surface area contributed by atoms with E-state index in [1.807, 2.05) is 30.3 Å². The molecular formula is C7H8NNaS2. The standard InChI is InChI=1S/C7H7NS2.Na.H/c8-7(9)10-6-4-2-1-3-5-6;;/h1-5H,(H2,8,9);;/q;+1;-1. The maximum Gasteiger partial charge on any atom is 1.00 e. The molecule has 0 unspecified atom stereocenters. The van der Waals surface area contributed by atoms with Crippen molar-refractivity contribution >= 4 is 28.3 Å². The Morgan fingerprint density at radius 3 is 2.36 bits per heavy atom. The number of thiocarbonyl (C=S) groups is 1. The second-order valence-electron chi connectivity index (χ2n) is 1.73. The molecule has 0 heterocycles. The molecule has 0 spiro atoms. The maximum absolute atomic E-state index is 5.32. The first-order chi connectivity index (χ1) is 4.79. The van der Waals surface area contributed by atoms with Gasteiger partial charge in [-0.3, -0.25) is 0 Å². The van der Waals surface area contributed by atoms with E-state index in [4.69, 9.17) is 18.0 Å². The van der Waals surface area contributed by atoms with Gasteiger partial charge in [0.15, 0.2) is 0 Å². The molecule has 0 aromatic heterocycles. The Kier molecular flexibility index (Phi) is 6.28. The Bertz CT molecular complexity index is 230. The summed E-state index contributed by atoms with van der Waals surface area (Å²) in [5.41, 5.74) is 5.32. The van der Waals surface area contributed by atoms with Crippen molar-refractivity contribution in [3.05, 3.63) is 30.3 Å². The molecule has 1 rings (SSSR count). The number of nitrogens with two attached hydrogens (primary N) is 1. The van der Waals surface area contributed by atoms with Gasteiger partial charge in [-0.2, -0.15) is 0 Å². The van der Waals surface area contributed by atoms with Gasteiger partial charge < -0.3 is 7.16 Å². The van der Waals surface area contributed by atoms with Crippen LogP contribution in [0.3, 0.4) is 0 Å². The molecule has 0 saturated carbocycles. The molecule has 0 amide bonds. The van der Waals surface area contributed by atoms with E-state index < -0.39 is 0 Å². The first-order valence-corrected chi connectivity index (χ1v) is 4.04. The van der Waals surface area contributed by atoms with Crippen molar-refractivity contribution in [3.8, 4) is 0 Å². The topological polar surface area (TPSA) is 26.0 Å². The summed E-state index contributed by atoms with van der Waals surface area (Å²) >= 11 is 6.13. The third-order valence-corrected chi connectivity index (χ3v) is 1.92. The van der Waals surface area contributed by atoms with Gasteiger partial charge in [0, 0.05) is 4.90 Å². The van der Waals surface area contributed by atoms with Crippen molar-refractivity contribution in [3.63, 3.8) is 0 Å². The average molecular weight is 193 g/mol. The van der Waals surface area contributed by atoms with Gasteiger partial charge in [0.25, 0.3) is 0 Å². The zero-order chi connectivity index (χ0) is 7.40. The number of thioether (sulfide) groups is 1. The zero-order valence-electron chi connectivity index (χ0n) is 7.28. The molecule has 1 aromatic carbocycles. The smallest absolute Gasteiger partial charge is 1.00 e. The van der Waals surface area contributed by atoms with E-state index in [1.54, 1.807) is 0 Å². The van der Waals surface area contributed by atoms with Crippen LogP contribution in [0.4, 0.5) is 0 Å². The Balaban J connectivity index is 0. The molecule has 1 aromatic rings. The van der Waals surface area contributed by atoms with Crippen LogP contribution in [0.25, 0.3) is 0 Å². The second-order valence-corrected chi connectivity index (χ2v) is 3.55. The second kappa shape index (κ2) is 6.03. The molecule has 0 fully saturated rings. The van der Waals surface area contributed by atoms with Crippen molar-refractivity contribution in [1.82, 2.24) is 0 Å². The van der Waals surface area contributed by atoms with E-state index >= 15 is 0 Å². The predicted octanol–water partition coefficient (Wildman–Crippen LogP) is -0.861. The zero-order valence-corrected chi connectivity index (χ0v) is 9.91. The SMILES string of the molecule is NC(=S)Sc1ccccc1.[H-].[Na+]. The van der Waals surface area contributed by atoms with E-state index in [2.05, 4.69) is 0 Å². The van der Waals surface area contributed by atoms with Crippen molar-refractivity contribution in [2.75, 3.05) is 0 Å². The molecule has 0 radical (unpaired) electrons. The summed E-state index contributed by atoms with van der Waals surface area (Å²) in [7, 11) is 0. The van der Waals surface area contributed by atoms with Crippen LogP contribution in [0.5, 0.6) is 0 Å². The van der Waals surface area contributed by atoms with E-state index in [0.717, 1.165) is 4.90 Å². The van der Waals surface area contributed by atoms with Crippen LogP contribution in [0.15, 0.2) is 35.2 Å². The third kappa shape index (κ3) is 4.82. The fraction of sp³-hybridized carbons (Fsp3) is 0. The molecule has 1 nitrogen and oxygen atoms in total. The quantitative estimate of drug-likeness (QED) is 0.357. The van der Waals surface area contributed by atoms with Crippen molar-refractivity contribution in [2.45, 2.75) is 4.90 Å². The Morgan fingerprint density at radius 2 is 1.91 bits per heavy atom. The van der Waals surface area contributed by atoms with Gasteiger partial charge in [-0.05, 0) is 12.1 Å². The van der Waals surface area contributed by atoms with Crippen molar-refractivity contribution < 1.29 is 31.0 Å². The van der Waals surface area contributed by atoms with Crippen LogP contribution in [-0.2, 0) is 0 Å². The summed E-state index contributed by atoms with van der Waals surface area (Å²) in [6, 6.07) is 9.83. The molecule has 2 N–H and O–H groups in total. The minimum absolute atomic E-state index is 0. The molecule has 0 bridgehead atoms. The average Bonchev–Trinajstić information content (AvgIpc) is 1.88. The van der Waals surface area contributed by atoms with Gasteiger partial charge in [0.2, 0.25) is 0 Å². The summed E-state index contributed by atoms with van der Waals surface area (Å²) in [6.45, 7) is 0. The first kappa shape index (κ1) is 11.5. The van der Waals surface area contributed by atoms with E-state index in [9.17, 15) is 0 Å². The summed E-state index contributed by atoms with van der Waals surface area (Å²) in [4.78, 5) is 1.09. The summed E-state index contributed by atoms with van der Waals surface area (Å²) in [5, 5.41) is 0. The molecular weight excluding hydrogens is 185 g/mol. The summed E-state index contributed by atoms with van der Waals surface area (Å²) in [6.07, 6.45) is 0. The monoisotopic (exact) mass is 193 g/mol. The molecule has 0 aliphatic carbocycles. The summed E-state index contributed by atoms with van der Waals surface area (Å²) < 4.78 is 0.464. The molecule has 0 aliphatic heterocycles. The van der Waals surface area contributed by atoms with Crippen molar-refractivity contribution in [1.29, 1.82) is 0 Å². The maximum atomic E-state index is 5.32. The van der Waals surface area contributed by atoms with E-state index in [0.29, 0.717) is 4.32 Å². The minimum Gasteiger partial charge on any atom is -1.00 e. The van der Waals surface area contributed by atoms with Crippen LogP contribution in [-0.4, -0.2) is 4.32 Å². The van der Waals surface area contributed by atoms with Crippen molar-refractivity contribution in [2.24, 2.45) is 5.73 Å². The van der Waals surface area contributed by atoms with Gasteiger partial charge in [-0.15, -0.1) is 0 Å². The Labute approximate surface area is 99.5 Å². The van der Waals surface area contributed by atoms with E-state index in [1.165, 1.54) is 11.8 Å². The first-order valence-electron chi connectivity index (χ1n) is 2.81. The Morgan fingerprint density at radius 1 is 1.36 bits per heavy atom. The third-order valence-electron chi connectivity index (χ3n) is 0.962. The fourth-order valence-corrected chi connectivity index (χ4v) is 1.42. The van der Waals surface area contributed by atoms with Crippen LogP contribution >= 0.6 is 24.0 Å². The van der Waals surface area contributed by atoms with Gasteiger partial charge in [0.05, 0.1) is 0 Å². The number of benzene rings is 1. The van der Waals surface area contributed by atoms with Crippen LogP contribution in [0.1, 0.15) is 1.43 Å². The largest absolute Gasteiger partial charge is 1.00 e. The Hall–Kier alpha value is 0.460. The predicted molar refractivity (Wildman–Crippen MR) is 50.2 cm³/mol. The van der Waals surface area contributed by atoms with Crippen LogP contribution in [0.2, 0.25) is 0 Å². The molecule has 54 valence electrons. The number of hydrogen-bond acceptors (Lipinski definition) is 2. The fourth-order valence-electron chi connectivity index (χ4n) is 0.605. The van der Waals surface area contributed by atoms with Crippen LogP contribution < -0.4 is 35.3 Å². The number of hydrogen-bond donors (Lipinski definition) is 1. The van der Waals surface area contributed by atoms with Gasteiger partial charge >= 0.3 is 29.6 Å². The van der Waals surface area contributed by atoms with Gasteiger partial charge in [0.1, 0.15) is 4.32 Å². The normalized spacial score (nSPS) is 8.36. The number of rotatable bonds is 1. The van der Waals surface area contributed by atoms with Crippen LogP contribution in [0, 0.1) is 0 Å². The molecule has 4 heteroatoms. The molecule has 0 saturated heterocycles. The minimum atomic E-state index is 0. The molecule has 0 atom stereocenters. The summed E-state index contributed by atoms with van der Waals surface area (Å²) in [5.74, 6) is 0. The van der Waals surface area contributed by atoms with E-state index in [-0.39, 0.29) is 31.0 Å².